The number of aromatic carboxylic acids is 1. The van der Waals surface area contributed by atoms with Gasteiger partial charge < -0.3 is 24.9 Å². The van der Waals surface area contributed by atoms with Crippen molar-refractivity contribution in [2.24, 2.45) is 0 Å². The summed E-state index contributed by atoms with van der Waals surface area (Å²) in [5.41, 5.74) is 0.154. The molecule has 0 spiro atoms. The minimum absolute atomic E-state index is 0. The average molecular weight is 353 g/mol. The number of nitrogens with one attached hydrogen (secondary N) is 1. The number of hydrogen-bond acceptors (Lipinski definition) is 5. The zero-order chi connectivity index (χ0) is 17.2. The Morgan fingerprint density at radius 3 is 2.67 bits per heavy atom. The Bertz CT molecular complexity index is 628. The summed E-state index contributed by atoms with van der Waals surface area (Å²) in [7, 11) is -1.57. The van der Waals surface area contributed by atoms with Crippen molar-refractivity contribution in [2.75, 3.05) is 0 Å². The van der Waals surface area contributed by atoms with Crippen LogP contribution in [0.1, 0.15) is 28.8 Å². The molecule has 1 aliphatic heterocycles. The number of halogens is 3. The van der Waals surface area contributed by atoms with Crippen molar-refractivity contribution in [3.8, 4) is 5.75 Å². The maximum absolute atomic E-state index is 12.1. The fourth-order valence-corrected chi connectivity index (χ4v) is 2.24. The molecule has 11 heteroatoms. The molecule has 0 fully saturated rings. The molecule has 0 aromatic heterocycles. The topological polar surface area (TPSA) is 98.7 Å². The molecule has 1 atom stereocenters. The van der Waals surface area contributed by atoms with Gasteiger partial charge in [0, 0.05) is 12.0 Å². The molecular weight excluding hydrogens is 341 g/mol. The fourth-order valence-electron chi connectivity index (χ4n) is 2.24. The predicted molar refractivity (Wildman–Crippen MR) is 70.3 cm³/mol. The number of fused-ring (bicyclic) bond motifs is 1. The molecule has 1 heterocycles. The first-order valence-corrected chi connectivity index (χ1v) is 6.71. The van der Waals surface area contributed by atoms with Gasteiger partial charge in [-0.25, -0.2) is 0 Å². The molecule has 2 N–H and O–H groups in total. The van der Waals surface area contributed by atoms with Crippen molar-refractivity contribution in [3.05, 3.63) is 29.3 Å². The molecule has 124 valence electrons. The molecule has 1 aromatic carbocycles. The Morgan fingerprint density at radius 1 is 1.42 bits per heavy atom. The van der Waals surface area contributed by atoms with E-state index in [-0.39, 0.29) is 47.3 Å². The number of carbonyl (C=O) groups is 2. The molecule has 2 rings (SSSR count). The number of hydrogen-bond donors (Lipinski definition) is 2. The largest absolute Gasteiger partial charge is 1.00 e. The van der Waals surface area contributed by atoms with E-state index in [0.29, 0.717) is 5.56 Å². The summed E-state index contributed by atoms with van der Waals surface area (Å²) in [4.78, 5) is 22.5. The Kier molecular flexibility index (Phi) is 7.15. The van der Waals surface area contributed by atoms with Gasteiger partial charge in [0.25, 0.3) is 0 Å². The normalized spacial score (nSPS) is 16.5. The van der Waals surface area contributed by atoms with E-state index in [1.165, 1.54) is 18.2 Å². The first-order valence-electron chi connectivity index (χ1n) is 6.71. The number of para-hydroxylation sites is 1. The van der Waals surface area contributed by atoms with Crippen molar-refractivity contribution >= 4 is 19.0 Å². The molecule has 0 saturated carbocycles. The molecule has 0 saturated heterocycles. The zero-order valence-electron chi connectivity index (χ0n) is 12.7. The van der Waals surface area contributed by atoms with E-state index in [1.54, 1.807) is 0 Å². The number of carboxylic acids is 1. The van der Waals surface area contributed by atoms with Gasteiger partial charge in [-0.2, -0.15) is 13.2 Å². The quantitative estimate of drug-likeness (QED) is 0.557. The van der Waals surface area contributed by atoms with Crippen LogP contribution in [0.5, 0.6) is 5.75 Å². The predicted octanol–water partition coefficient (Wildman–Crippen LogP) is -3.16. The smallest absolute Gasteiger partial charge is 0.545 e. The van der Waals surface area contributed by atoms with Crippen LogP contribution in [-0.2, 0) is 11.2 Å². The summed E-state index contributed by atoms with van der Waals surface area (Å²) in [6.45, 7) is 0. The van der Waals surface area contributed by atoms with Gasteiger partial charge in [0.1, 0.15) is 5.75 Å². The number of benzene rings is 1. The van der Waals surface area contributed by atoms with Crippen molar-refractivity contribution < 1.29 is 67.1 Å². The van der Waals surface area contributed by atoms with Gasteiger partial charge in [-0.05, 0) is 18.1 Å². The molecule has 1 aromatic rings. The number of carbonyl (C=O) groups excluding carboxylic acids is 2. The fraction of sp³-hybridized carbons (Fsp3) is 0.385. The third kappa shape index (κ3) is 5.40. The second-order valence-corrected chi connectivity index (χ2v) is 5.08. The van der Waals surface area contributed by atoms with Crippen LogP contribution in [-0.4, -0.2) is 36.1 Å². The third-order valence-corrected chi connectivity index (χ3v) is 3.32. The van der Waals surface area contributed by atoms with Gasteiger partial charge in [0.2, 0.25) is 5.91 Å². The average Bonchev–Trinajstić information content (AvgIpc) is 2.44. The van der Waals surface area contributed by atoms with Crippen LogP contribution >= 0.6 is 0 Å². The molecule has 0 aliphatic carbocycles. The maximum atomic E-state index is 12.1. The van der Waals surface area contributed by atoms with Crippen LogP contribution in [0, 0.1) is 0 Å². The first kappa shape index (κ1) is 20.8. The molecule has 0 bridgehead atoms. The zero-order valence-corrected chi connectivity index (χ0v) is 14.7. The summed E-state index contributed by atoms with van der Waals surface area (Å²) in [5, 5.41) is 23.0. The Labute approximate surface area is 157 Å². The van der Waals surface area contributed by atoms with Gasteiger partial charge in [-0.1, -0.05) is 12.1 Å². The number of rotatable bonds is 4. The summed E-state index contributed by atoms with van der Waals surface area (Å²) in [6.07, 6.45) is -6.46. The van der Waals surface area contributed by atoms with Crippen molar-refractivity contribution in [1.82, 2.24) is 5.32 Å². The van der Waals surface area contributed by atoms with Crippen molar-refractivity contribution in [1.29, 1.82) is 0 Å². The Balaban J connectivity index is 0.00000288. The number of amides is 1. The van der Waals surface area contributed by atoms with E-state index >= 15 is 0 Å². The minimum Gasteiger partial charge on any atom is -0.545 e. The standard InChI is InChI=1S/C13H13BF3NO5.Na/c15-13(16,17)5-4-10(19)18-9-6-7-2-1-3-8(12(20)21)11(7)23-14(9)22;/h1-3,9,22H,4-6H2,(H,18,19)(H,20,21);/q;+1/p-1. The first-order chi connectivity index (χ1) is 10.7. The van der Waals surface area contributed by atoms with E-state index in [0.717, 1.165) is 0 Å². The van der Waals surface area contributed by atoms with Crippen LogP contribution < -0.4 is 44.6 Å². The number of carboxylic acid groups (broad SMARTS) is 1. The summed E-state index contributed by atoms with van der Waals surface area (Å²) in [5.74, 6) is -3.41. The molecule has 6 nitrogen and oxygen atoms in total. The van der Waals surface area contributed by atoms with E-state index in [9.17, 15) is 32.9 Å². The summed E-state index contributed by atoms with van der Waals surface area (Å²) < 4.78 is 41.3. The van der Waals surface area contributed by atoms with Crippen molar-refractivity contribution in [2.45, 2.75) is 31.4 Å². The molecule has 1 unspecified atom stereocenters. The minimum atomic E-state index is -4.45. The van der Waals surface area contributed by atoms with E-state index in [2.05, 4.69) is 5.32 Å². The van der Waals surface area contributed by atoms with Gasteiger partial charge in [-0.3, -0.25) is 4.79 Å². The van der Waals surface area contributed by atoms with Gasteiger partial charge in [-0.15, -0.1) is 0 Å². The van der Waals surface area contributed by atoms with Crippen LogP contribution in [0.2, 0.25) is 0 Å². The van der Waals surface area contributed by atoms with Crippen LogP contribution in [0.3, 0.4) is 0 Å². The monoisotopic (exact) mass is 353 g/mol. The summed E-state index contributed by atoms with van der Waals surface area (Å²) in [6, 6.07) is 4.21. The molecule has 24 heavy (non-hydrogen) atoms. The second-order valence-electron chi connectivity index (χ2n) is 5.08. The SMILES string of the molecule is O=C(CCC(F)(F)F)NC1Cc2cccc(C(=O)[O-])c2OB1O.[Na+]. The van der Waals surface area contributed by atoms with E-state index in [4.69, 9.17) is 4.65 Å². The third-order valence-electron chi connectivity index (χ3n) is 3.32. The number of alkyl halides is 3. The second kappa shape index (κ2) is 8.24. The van der Waals surface area contributed by atoms with Crippen LogP contribution in [0.15, 0.2) is 18.2 Å². The summed E-state index contributed by atoms with van der Waals surface area (Å²) >= 11 is 0. The molecule has 0 radical (unpaired) electrons. The van der Waals surface area contributed by atoms with Gasteiger partial charge >= 0.3 is 42.9 Å². The van der Waals surface area contributed by atoms with E-state index < -0.39 is 44.0 Å². The molecule has 1 amide bonds. The Hall–Kier alpha value is -1.23. The molecule has 1 aliphatic rings. The van der Waals surface area contributed by atoms with Crippen molar-refractivity contribution in [3.63, 3.8) is 0 Å². The maximum Gasteiger partial charge on any atom is 1.00 e. The Morgan fingerprint density at radius 2 is 2.08 bits per heavy atom. The van der Waals surface area contributed by atoms with Gasteiger partial charge in [0.05, 0.1) is 18.3 Å². The van der Waals surface area contributed by atoms with E-state index in [1.807, 2.05) is 0 Å². The van der Waals surface area contributed by atoms with Crippen LogP contribution in [0.25, 0.3) is 0 Å². The van der Waals surface area contributed by atoms with Gasteiger partial charge in [0.15, 0.2) is 0 Å². The molecular formula is C13H12BF3NNaO5. The van der Waals surface area contributed by atoms with Crippen LogP contribution in [0.4, 0.5) is 13.2 Å².